The molecule has 6 heteroatoms. The van der Waals surface area contributed by atoms with Crippen molar-refractivity contribution in [2.24, 2.45) is 0 Å². The molecule has 0 saturated carbocycles. The van der Waals surface area contributed by atoms with Gasteiger partial charge in [0.25, 0.3) is 0 Å². The minimum atomic E-state index is -0.918. The smallest absolute Gasteiger partial charge is 0.335 e. The summed E-state index contributed by atoms with van der Waals surface area (Å²) in [7, 11) is 0. The largest absolute Gasteiger partial charge is 0.478 e. The number of nitrogens with one attached hydrogen (secondary N) is 1. The van der Waals surface area contributed by atoms with Crippen molar-refractivity contribution in [1.29, 1.82) is 0 Å². The van der Waals surface area contributed by atoms with Crippen LogP contribution in [0.25, 0.3) is 0 Å². The van der Waals surface area contributed by atoms with Crippen LogP contribution in [-0.4, -0.2) is 16.1 Å². The van der Waals surface area contributed by atoms with Crippen LogP contribution < -0.4 is 5.32 Å². The lowest BCUT2D eigenvalue weighted by atomic mass is 10.1. The van der Waals surface area contributed by atoms with Crippen LogP contribution in [0.2, 0.25) is 0 Å². The van der Waals surface area contributed by atoms with Crippen LogP contribution in [0.4, 0.5) is 0 Å². The number of aromatic nitrogens is 1. The Morgan fingerprint density at radius 1 is 1.52 bits per heavy atom. The number of carbonyl (C=O) groups is 1. The van der Waals surface area contributed by atoms with Crippen LogP contribution in [0.5, 0.6) is 0 Å². The van der Waals surface area contributed by atoms with Gasteiger partial charge in [-0.1, -0.05) is 28.9 Å². The molecule has 1 unspecified atom stereocenters. The predicted octanol–water partition coefficient (Wildman–Crippen LogP) is 4.02. The maximum absolute atomic E-state index is 10.9. The second-order valence-electron chi connectivity index (χ2n) is 4.73. The fraction of sp³-hybridized carbons (Fsp3) is 0.333. The molecule has 0 amide bonds. The lowest BCUT2D eigenvalue weighted by molar-refractivity contribution is 0.0697. The Balaban J connectivity index is 2.00. The van der Waals surface area contributed by atoms with Gasteiger partial charge in [-0.3, -0.25) is 0 Å². The first-order chi connectivity index (χ1) is 10.0. The van der Waals surface area contributed by atoms with Gasteiger partial charge in [0, 0.05) is 22.1 Å². The van der Waals surface area contributed by atoms with Crippen LogP contribution in [0, 0.1) is 0 Å². The van der Waals surface area contributed by atoms with Crippen molar-refractivity contribution in [1.82, 2.24) is 10.3 Å². The molecule has 2 aromatic rings. The summed E-state index contributed by atoms with van der Waals surface area (Å²) in [6.45, 7) is 4.86. The molecule has 1 heterocycles. The molecule has 0 aliphatic heterocycles. The SMILES string of the molecule is CCc1cnc(C(C)NCc2ccc(C(=O)O)cc2Br)s1. The number of hydrogen-bond donors (Lipinski definition) is 2. The number of aromatic carboxylic acids is 1. The molecule has 0 radical (unpaired) electrons. The number of nitrogens with zero attached hydrogens (tertiary/aromatic N) is 1. The Labute approximate surface area is 136 Å². The molecular formula is C15H17BrN2O2S. The highest BCUT2D eigenvalue weighted by atomic mass is 79.9. The Morgan fingerprint density at radius 3 is 2.86 bits per heavy atom. The third kappa shape index (κ3) is 4.12. The third-order valence-electron chi connectivity index (χ3n) is 3.19. The number of halogens is 1. The van der Waals surface area contributed by atoms with Crippen molar-refractivity contribution in [2.75, 3.05) is 0 Å². The first kappa shape index (κ1) is 16.1. The Bertz CT molecular complexity index is 642. The van der Waals surface area contributed by atoms with E-state index in [-0.39, 0.29) is 11.6 Å². The van der Waals surface area contributed by atoms with Crippen molar-refractivity contribution in [3.8, 4) is 0 Å². The van der Waals surface area contributed by atoms with Crippen molar-refractivity contribution in [3.63, 3.8) is 0 Å². The Hall–Kier alpha value is -1.24. The van der Waals surface area contributed by atoms with E-state index in [0.29, 0.717) is 6.54 Å². The van der Waals surface area contributed by atoms with Gasteiger partial charge in [0.05, 0.1) is 11.6 Å². The summed E-state index contributed by atoms with van der Waals surface area (Å²) in [5.74, 6) is -0.918. The minimum absolute atomic E-state index is 0.168. The van der Waals surface area contributed by atoms with E-state index < -0.39 is 5.97 Å². The molecule has 1 aromatic heterocycles. The van der Waals surface area contributed by atoms with Crippen LogP contribution in [0.15, 0.2) is 28.9 Å². The highest BCUT2D eigenvalue weighted by Gasteiger charge is 2.11. The quantitative estimate of drug-likeness (QED) is 0.808. The van der Waals surface area contributed by atoms with Crippen LogP contribution in [0.1, 0.15) is 45.7 Å². The standard InChI is InChI=1S/C15H17BrN2O2S/c1-3-12-8-18-14(21-12)9(2)17-7-11-5-4-10(15(19)20)6-13(11)16/h4-6,8-9,17H,3,7H2,1-2H3,(H,19,20). The van der Waals surface area contributed by atoms with E-state index in [0.717, 1.165) is 21.5 Å². The fourth-order valence-corrected chi connectivity index (χ4v) is 3.26. The molecule has 0 aliphatic carbocycles. The van der Waals surface area contributed by atoms with Gasteiger partial charge in [-0.25, -0.2) is 9.78 Å². The molecular weight excluding hydrogens is 352 g/mol. The average molecular weight is 369 g/mol. The summed E-state index contributed by atoms with van der Waals surface area (Å²) in [5, 5.41) is 13.4. The molecule has 0 bridgehead atoms. The minimum Gasteiger partial charge on any atom is -0.478 e. The summed E-state index contributed by atoms with van der Waals surface area (Å²) in [4.78, 5) is 16.6. The van der Waals surface area contributed by atoms with Gasteiger partial charge in [0.15, 0.2) is 0 Å². The molecule has 112 valence electrons. The molecule has 4 nitrogen and oxygen atoms in total. The van der Waals surface area contributed by atoms with E-state index in [1.165, 1.54) is 4.88 Å². The van der Waals surface area contributed by atoms with Crippen molar-refractivity contribution < 1.29 is 9.90 Å². The van der Waals surface area contributed by atoms with E-state index in [2.05, 4.69) is 40.1 Å². The van der Waals surface area contributed by atoms with Gasteiger partial charge < -0.3 is 10.4 Å². The fourth-order valence-electron chi connectivity index (χ4n) is 1.86. The van der Waals surface area contributed by atoms with Crippen molar-refractivity contribution in [3.05, 3.63) is 49.9 Å². The zero-order chi connectivity index (χ0) is 15.4. The number of rotatable bonds is 6. The van der Waals surface area contributed by atoms with Crippen molar-refractivity contribution in [2.45, 2.75) is 32.9 Å². The van der Waals surface area contributed by atoms with E-state index in [9.17, 15) is 4.79 Å². The average Bonchev–Trinajstić information content (AvgIpc) is 2.94. The zero-order valence-corrected chi connectivity index (χ0v) is 14.3. The number of carboxylic acid groups (broad SMARTS) is 1. The van der Waals surface area contributed by atoms with E-state index >= 15 is 0 Å². The monoisotopic (exact) mass is 368 g/mol. The van der Waals surface area contributed by atoms with Gasteiger partial charge in [-0.2, -0.15) is 0 Å². The zero-order valence-electron chi connectivity index (χ0n) is 11.9. The highest BCUT2D eigenvalue weighted by Crippen LogP contribution is 2.23. The molecule has 21 heavy (non-hydrogen) atoms. The summed E-state index contributed by atoms with van der Waals surface area (Å²) < 4.78 is 0.801. The second kappa shape index (κ2) is 7.15. The van der Waals surface area contributed by atoms with Crippen molar-refractivity contribution >= 4 is 33.2 Å². The number of thiazole rings is 1. The summed E-state index contributed by atoms with van der Waals surface area (Å²) in [6.07, 6.45) is 2.93. The molecule has 0 fully saturated rings. The molecule has 0 aliphatic rings. The van der Waals surface area contributed by atoms with E-state index in [4.69, 9.17) is 5.11 Å². The number of hydrogen-bond acceptors (Lipinski definition) is 4. The first-order valence-corrected chi connectivity index (χ1v) is 8.32. The first-order valence-electron chi connectivity index (χ1n) is 6.71. The molecule has 1 atom stereocenters. The molecule has 0 saturated heterocycles. The molecule has 2 rings (SSSR count). The third-order valence-corrected chi connectivity index (χ3v) is 5.25. The molecule has 0 spiro atoms. The van der Waals surface area contributed by atoms with E-state index in [1.54, 1.807) is 23.5 Å². The maximum Gasteiger partial charge on any atom is 0.335 e. The van der Waals surface area contributed by atoms with Gasteiger partial charge >= 0.3 is 5.97 Å². The maximum atomic E-state index is 10.9. The van der Waals surface area contributed by atoms with Crippen LogP contribution in [0.3, 0.4) is 0 Å². The number of carboxylic acids is 1. The topological polar surface area (TPSA) is 62.2 Å². The normalized spacial score (nSPS) is 12.3. The Morgan fingerprint density at radius 2 is 2.29 bits per heavy atom. The lowest BCUT2D eigenvalue weighted by Crippen LogP contribution is -2.18. The second-order valence-corrected chi connectivity index (χ2v) is 6.73. The summed E-state index contributed by atoms with van der Waals surface area (Å²) in [5.41, 5.74) is 1.31. The molecule has 2 N–H and O–H groups in total. The van der Waals surface area contributed by atoms with Gasteiger partial charge in [-0.05, 0) is 31.0 Å². The van der Waals surface area contributed by atoms with E-state index in [1.807, 2.05) is 12.3 Å². The number of aryl methyl sites for hydroxylation is 1. The molecule has 1 aromatic carbocycles. The summed E-state index contributed by atoms with van der Waals surface area (Å²) in [6, 6.07) is 5.24. The highest BCUT2D eigenvalue weighted by molar-refractivity contribution is 9.10. The van der Waals surface area contributed by atoms with Crippen LogP contribution >= 0.6 is 27.3 Å². The van der Waals surface area contributed by atoms with Gasteiger partial charge in [0.1, 0.15) is 5.01 Å². The van der Waals surface area contributed by atoms with Gasteiger partial charge in [0.2, 0.25) is 0 Å². The van der Waals surface area contributed by atoms with Crippen LogP contribution in [-0.2, 0) is 13.0 Å². The Kier molecular flexibility index (Phi) is 5.50. The summed E-state index contributed by atoms with van der Waals surface area (Å²) >= 11 is 5.14. The number of benzene rings is 1. The van der Waals surface area contributed by atoms with Gasteiger partial charge in [-0.15, -0.1) is 11.3 Å². The predicted molar refractivity (Wildman–Crippen MR) is 87.8 cm³/mol. The lowest BCUT2D eigenvalue weighted by Gasteiger charge is -2.12.